The highest BCUT2D eigenvalue weighted by molar-refractivity contribution is 7.07. The lowest BCUT2D eigenvalue weighted by Crippen LogP contribution is -2.22. The fraction of sp³-hybridized carbons (Fsp3) is 0.333. The van der Waals surface area contributed by atoms with Crippen LogP contribution >= 0.6 is 11.3 Å². The van der Waals surface area contributed by atoms with E-state index in [9.17, 15) is 0 Å². The first kappa shape index (κ1) is 10.5. The van der Waals surface area contributed by atoms with E-state index in [1.54, 1.807) is 17.6 Å². The highest BCUT2D eigenvalue weighted by Crippen LogP contribution is 2.20. The number of thiophene rings is 1. The smallest absolute Gasteiger partial charge is 0.105 e. The summed E-state index contributed by atoms with van der Waals surface area (Å²) < 4.78 is 5.37. The van der Waals surface area contributed by atoms with Crippen LogP contribution in [-0.2, 0) is 6.42 Å². The van der Waals surface area contributed by atoms with E-state index in [-0.39, 0.29) is 0 Å². The molecule has 0 bridgehead atoms. The van der Waals surface area contributed by atoms with Crippen LogP contribution in [0.5, 0.6) is 0 Å². The minimum Gasteiger partial charge on any atom is -0.469 e. The molecule has 3 heteroatoms. The lowest BCUT2D eigenvalue weighted by Gasteiger charge is -2.15. The van der Waals surface area contributed by atoms with Crippen molar-refractivity contribution in [3.05, 3.63) is 46.5 Å². The predicted octanol–water partition coefficient (Wildman–Crippen LogP) is 3.23. The summed E-state index contributed by atoms with van der Waals surface area (Å²) >= 11 is 1.74. The molecule has 2 aromatic heterocycles. The van der Waals surface area contributed by atoms with Gasteiger partial charge >= 0.3 is 0 Å². The predicted molar refractivity (Wildman–Crippen MR) is 63.1 cm³/mol. The van der Waals surface area contributed by atoms with Gasteiger partial charge in [0.05, 0.1) is 6.26 Å². The molecule has 2 rings (SSSR count). The van der Waals surface area contributed by atoms with Gasteiger partial charge in [-0.05, 0) is 41.1 Å². The minimum absolute atomic E-state index is 0.368. The van der Waals surface area contributed by atoms with E-state index >= 15 is 0 Å². The molecule has 0 aliphatic heterocycles. The summed E-state index contributed by atoms with van der Waals surface area (Å²) in [6, 6.07) is 6.50. The molecular formula is C12H15NOS. The number of furan rings is 1. The Bertz CT molecular complexity index is 366. The Morgan fingerprint density at radius 1 is 1.47 bits per heavy atom. The van der Waals surface area contributed by atoms with Gasteiger partial charge in [-0.15, -0.1) is 0 Å². The van der Waals surface area contributed by atoms with Crippen molar-refractivity contribution in [2.45, 2.75) is 19.4 Å². The van der Waals surface area contributed by atoms with Crippen molar-refractivity contribution in [1.29, 1.82) is 0 Å². The average molecular weight is 221 g/mol. The number of rotatable bonds is 5. The second-order valence-electron chi connectivity index (χ2n) is 3.45. The van der Waals surface area contributed by atoms with Crippen LogP contribution in [0.1, 0.15) is 24.3 Å². The van der Waals surface area contributed by atoms with Gasteiger partial charge in [-0.3, -0.25) is 0 Å². The molecule has 0 aliphatic rings. The minimum atomic E-state index is 0.368. The van der Waals surface area contributed by atoms with Gasteiger partial charge in [0.2, 0.25) is 0 Å². The Morgan fingerprint density at radius 2 is 2.40 bits per heavy atom. The standard InChI is InChI=1S/C12H15NOS/c1-2-13-12(10-5-7-15-9-10)8-11-4-3-6-14-11/h3-7,9,12-13H,2,8H2,1H3. The Balaban J connectivity index is 2.07. The third-order valence-electron chi connectivity index (χ3n) is 2.38. The second kappa shape index (κ2) is 5.14. The van der Waals surface area contributed by atoms with E-state index in [0.29, 0.717) is 6.04 Å². The summed E-state index contributed by atoms with van der Waals surface area (Å²) in [4.78, 5) is 0. The van der Waals surface area contributed by atoms with E-state index in [0.717, 1.165) is 18.7 Å². The molecular weight excluding hydrogens is 206 g/mol. The number of nitrogens with one attached hydrogen (secondary N) is 1. The van der Waals surface area contributed by atoms with Crippen molar-refractivity contribution >= 4 is 11.3 Å². The summed E-state index contributed by atoms with van der Waals surface area (Å²) in [6.07, 6.45) is 2.64. The number of hydrogen-bond donors (Lipinski definition) is 1. The topological polar surface area (TPSA) is 25.2 Å². The lowest BCUT2D eigenvalue weighted by atomic mass is 10.1. The maximum absolute atomic E-state index is 5.37. The fourth-order valence-electron chi connectivity index (χ4n) is 1.66. The molecule has 0 radical (unpaired) electrons. The lowest BCUT2D eigenvalue weighted by molar-refractivity contribution is 0.455. The zero-order valence-corrected chi connectivity index (χ0v) is 9.59. The Hall–Kier alpha value is -1.06. The van der Waals surface area contributed by atoms with Gasteiger partial charge in [0.15, 0.2) is 0 Å². The molecule has 1 N–H and O–H groups in total. The largest absolute Gasteiger partial charge is 0.469 e. The monoisotopic (exact) mass is 221 g/mol. The molecule has 1 unspecified atom stereocenters. The van der Waals surface area contributed by atoms with Crippen molar-refractivity contribution in [1.82, 2.24) is 5.32 Å². The van der Waals surface area contributed by atoms with Gasteiger partial charge in [-0.25, -0.2) is 0 Å². The van der Waals surface area contributed by atoms with E-state index in [1.165, 1.54) is 5.56 Å². The summed E-state index contributed by atoms with van der Waals surface area (Å²) in [5, 5.41) is 7.77. The third-order valence-corrected chi connectivity index (χ3v) is 3.08. The van der Waals surface area contributed by atoms with E-state index in [2.05, 4.69) is 29.1 Å². The Labute approximate surface area is 93.9 Å². The van der Waals surface area contributed by atoms with Gasteiger partial charge in [0.1, 0.15) is 5.76 Å². The quantitative estimate of drug-likeness (QED) is 0.838. The van der Waals surface area contributed by atoms with E-state index in [4.69, 9.17) is 4.42 Å². The number of likely N-dealkylation sites (N-methyl/N-ethyl adjacent to an activating group) is 1. The van der Waals surface area contributed by atoms with Crippen LogP contribution in [0.25, 0.3) is 0 Å². The summed E-state index contributed by atoms with van der Waals surface area (Å²) in [7, 11) is 0. The van der Waals surface area contributed by atoms with Crippen LogP contribution in [-0.4, -0.2) is 6.54 Å². The van der Waals surface area contributed by atoms with Crippen molar-refractivity contribution in [3.63, 3.8) is 0 Å². The zero-order valence-electron chi connectivity index (χ0n) is 8.77. The normalized spacial score (nSPS) is 12.9. The maximum atomic E-state index is 5.37. The maximum Gasteiger partial charge on any atom is 0.105 e. The summed E-state index contributed by atoms with van der Waals surface area (Å²) in [5.41, 5.74) is 1.35. The van der Waals surface area contributed by atoms with Gasteiger partial charge in [0, 0.05) is 12.5 Å². The van der Waals surface area contributed by atoms with Gasteiger partial charge in [-0.2, -0.15) is 11.3 Å². The molecule has 80 valence electrons. The van der Waals surface area contributed by atoms with Gasteiger partial charge in [0.25, 0.3) is 0 Å². The van der Waals surface area contributed by atoms with Crippen LogP contribution < -0.4 is 5.32 Å². The SMILES string of the molecule is CCNC(Cc1ccco1)c1ccsc1. The van der Waals surface area contributed by atoms with Crippen molar-refractivity contribution in [2.75, 3.05) is 6.54 Å². The van der Waals surface area contributed by atoms with E-state index in [1.807, 2.05) is 12.1 Å². The third kappa shape index (κ3) is 2.70. The van der Waals surface area contributed by atoms with Crippen LogP contribution in [0.2, 0.25) is 0 Å². The van der Waals surface area contributed by atoms with Crippen molar-refractivity contribution in [2.24, 2.45) is 0 Å². The summed E-state index contributed by atoms with van der Waals surface area (Å²) in [6.45, 7) is 3.10. The molecule has 0 amide bonds. The molecule has 2 heterocycles. The van der Waals surface area contributed by atoms with Crippen LogP contribution in [0.4, 0.5) is 0 Å². The highest BCUT2D eigenvalue weighted by atomic mass is 32.1. The van der Waals surface area contributed by atoms with Gasteiger partial charge in [-0.1, -0.05) is 6.92 Å². The first-order valence-corrected chi connectivity index (χ1v) is 6.12. The molecule has 2 nitrogen and oxygen atoms in total. The van der Waals surface area contributed by atoms with Crippen molar-refractivity contribution in [3.8, 4) is 0 Å². The molecule has 0 saturated carbocycles. The molecule has 1 atom stereocenters. The number of hydrogen-bond acceptors (Lipinski definition) is 3. The summed E-state index contributed by atoms with van der Waals surface area (Å²) in [5.74, 6) is 1.03. The van der Waals surface area contributed by atoms with Crippen LogP contribution in [0, 0.1) is 0 Å². The molecule has 0 aromatic carbocycles. The molecule has 0 aliphatic carbocycles. The molecule has 2 aromatic rings. The Kier molecular flexibility index (Phi) is 3.59. The first-order chi connectivity index (χ1) is 7.40. The molecule has 0 saturated heterocycles. The molecule has 0 fully saturated rings. The zero-order chi connectivity index (χ0) is 10.5. The second-order valence-corrected chi connectivity index (χ2v) is 4.23. The highest BCUT2D eigenvalue weighted by Gasteiger charge is 2.12. The fourth-order valence-corrected chi connectivity index (χ4v) is 2.37. The average Bonchev–Trinajstić information content (AvgIpc) is 2.89. The molecule has 0 spiro atoms. The van der Waals surface area contributed by atoms with E-state index < -0.39 is 0 Å². The van der Waals surface area contributed by atoms with Gasteiger partial charge < -0.3 is 9.73 Å². The van der Waals surface area contributed by atoms with Crippen molar-refractivity contribution < 1.29 is 4.42 Å². The van der Waals surface area contributed by atoms with Crippen LogP contribution in [0.3, 0.4) is 0 Å². The van der Waals surface area contributed by atoms with Crippen LogP contribution in [0.15, 0.2) is 39.6 Å². The molecule has 15 heavy (non-hydrogen) atoms. The Morgan fingerprint density at radius 3 is 3.00 bits per heavy atom. The first-order valence-electron chi connectivity index (χ1n) is 5.18.